The van der Waals surface area contributed by atoms with Gasteiger partial charge in [-0.15, -0.1) is 11.3 Å². The van der Waals surface area contributed by atoms with Gasteiger partial charge in [-0.05, 0) is 37.6 Å². The zero-order valence-corrected chi connectivity index (χ0v) is 14.8. The quantitative estimate of drug-likeness (QED) is 0.861. The summed E-state index contributed by atoms with van der Waals surface area (Å²) in [6, 6.07) is 3.92. The van der Waals surface area contributed by atoms with Gasteiger partial charge in [-0.2, -0.15) is 0 Å². The van der Waals surface area contributed by atoms with Crippen molar-refractivity contribution in [3.05, 3.63) is 22.4 Å². The normalized spacial score (nSPS) is 21.5. The van der Waals surface area contributed by atoms with Crippen molar-refractivity contribution in [3.8, 4) is 0 Å². The van der Waals surface area contributed by atoms with E-state index in [4.69, 9.17) is 0 Å². The number of carbonyl (C=O) groups is 1. The standard InChI is InChI=1S/C15H24N2O3S2/c1-3-10-22(19,20)17-8-4-6-13(11-17)15(18)16-12(2)14-7-5-9-21-14/h5,7,9,12-13H,3-4,6,8,10-11H2,1-2H3,(H,16,18)/t12-,13-/m0/s1. The van der Waals surface area contributed by atoms with Gasteiger partial charge in [0.15, 0.2) is 0 Å². The maximum atomic E-state index is 12.4. The van der Waals surface area contributed by atoms with E-state index in [1.165, 1.54) is 4.31 Å². The number of piperidine rings is 1. The summed E-state index contributed by atoms with van der Waals surface area (Å²) in [5, 5.41) is 4.99. The van der Waals surface area contributed by atoms with Crippen LogP contribution in [0.5, 0.6) is 0 Å². The highest BCUT2D eigenvalue weighted by Crippen LogP contribution is 2.23. The topological polar surface area (TPSA) is 66.5 Å². The number of thiophene rings is 1. The second kappa shape index (κ2) is 7.57. The van der Waals surface area contributed by atoms with E-state index in [1.54, 1.807) is 11.3 Å². The summed E-state index contributed by atoms with van der Waals surface area (Å²) in [4.78, 5) is 13.5. The summed E-state index contributed by atoms with van der Waals surface area (Å²) in [6.07, 6.45) is 2.10. The lowest BCUT2D eigenvalue weighted by Crippen LogP contribution is -2.46. The van der Waals surface area contributed by atoms with Crippen LogP contribution in [0.25, 0.3) is 0 Å². The van der Waals surface area contributed by atoms with Crippen LogP contribution in [0.2, 0.25) is 0 Å². The Morgan fingerprint density at radius 1 is 1.55 bits per heavy atom. The van der Waals surface area contributed by atoms with E-state index in [1.807, 2.05) is 31.4 Å². The molecular weight excluding hydrogens is 320 g/mol. The SMILES string of the molecule is CCCS(=O)(=O)N1CCC[C@H](C(=O)N[C@@H](C)c2cccs2)C1. The minimum absolute atomic E-state index is 0.0323. The van der Waals surface area contributed by atoms with Gasteiger partial charge < -0.3 is 5.32 Å². The van der Waals surface area contributed by atoms with Crippen LogP contribution in [0.4, 0.5) is 0 Å². The fourth-order valence-electron chi connectivity index (χ4n) is 2.74. The molecule has 0 spiro atoms. The molecule has 0 radical (unpaired) electrons. The molecule has 0 aliphatic carbocycles. The van der Waals surface area contributed by atoms with E-state index in [0.29, 0.717) is 19.5 Å². The third kappa shape index (κ3) is 4.30. The summed E-state index contributed by atoms with van der Waals surface area (Å²) < 4.78 is 25.8. The second-order valence-electron chi connectivity index (χ2n) is 5.76. The average molecular weight is 345 g/mol. The molecule has 5 nitrogen and oxygen atoms in total. The molecule has 124 valence electrons. The van der Waals surface area contributed by atoms with Crippen LogP contribution in [0.3, 0.4) is 0 Å². The van der Waals surface area contributed by atoms with E-state index >= 15 is 0 Å². The average Bonchev–Trinajstić information content (AvgIpc) is 3.01. The Hall–Kier alpha value is -0.920. The maximum absolute atomic E-state index is 12.4. The first-order chi connectivity index (χ1) is 10.4. The summed E-state index contributed by atoms with van der Waals surface area (Å²) in [5.41, 5.74) is 0. The Bertz CT molecular complexity index is 584. The van der Waals surface area contributed by atoms with Crippen LogP contribution in [-0.4, -0.2) is 37.5 Å². The monoisotopic (exact) mass is 344 g/mol. The molecule has 1 saturated heterocycles. The number of sulfonamides is 1. The molecule has 1 amide bonds. The van der Waals surface area contributed by atoms with Gasteiger partial charge >= 0.3 is 0 Å². The van der Waals surface area contributed by atoms with E-state index in [0.717, 1.165) is 17.7 Å². The molecule has 0 bridgehead atoms. The molecule has 22 heavy (non-hydrogen) atoms. The number of hydrogen-bond donors (Lipinski definition) is 1. The minimum atomic E-state index is -3.22. The van der Waals surface area contributed by atoms with Crippen molar-refractivity contribution in [1.82, 2.24) is 9.62 Å². The predicted octanol–water partition coefficient (Wildman–Crippen LogP) is 2.38. The minimum Gasteiger partial charge on any atom is -0.348 e. The van der Waals surface area contributed by atoms with Gasteiger partial charge in [0.05, 0.1) is 17.7 Å². The molecule has 2 atom stereocenters. The molecule has 0 unspecified atom stereocenters. The molecule has 0 saturated carbocycles. The molecule has 7 heteroatoms. The van der Waals surface area contributed by atoms with Crippen LogP contribution < -0.4 is 5.32 Å². The highest BCUT2D eigenvalue weighted by molar-refractivity contribution is 7.89. The van der Waals surface area contributed by atoms with Crippen LogP contribution in [0.1, 0.15) is 44.0 Å². The smallest absolute Gasteiger partial charge is 0.224 e. The van der Waals surface area contributed by atoms with Gasteiger partial charge in [0.25, 0.3) is 0 Å². The first-order valence-corrected chi connectivity index (χ1v) is 10.2. The summed E-state index contributed by atoms with van der Waals surface area (Å²) >= 11 is 1.61. The first kappa shape index (κ1) is 17.4. The van der Waals surface area contributed by atoms with Crippen molar-refractivity contribution in [3.63, 3.8) is 0 Å². The Morgan fingerprint density at radius 3 is 2.95 bits per heavy atom. The van der Waals surface area contributed by atoms with Crippen molar-refractivity contribution >= 4 is 27.3 Å². The molecule has 1 aromatic heterocycles. The molecule has 1 aliphatic rings. The molecule has 1 N–H and O–H groups in total. The largest absolute Gasteiger partial charge is 0.348 e. The summed E-state index contributed by atoms with van der Waals surface area (Å²) in [6.45, 7) is 4.66. The maximum Gasteiger partial charge on any atom is 0.224 e. The van der Waals surface area contributed by atoms with E-state index < -0.39 is 10.0 Å². The van der Waals surface area contributed by atoms with Gasteiger partial charge in [0.2, 0.25) is 15.9 Å². The second-order valence-corrected chi connectivity index (χ2v) is 8.83. The van der Waals surface area contributed by atoms with Crippen LogP contribution in [-0.2, 0) is 14.8 Å². The number of nitrogens with zero attached hydrogens (tertiary/aromatic N) is 1. The fraction of sp³-hybridized carbons (Fsp3) is 0.667. The lowest BCUT2D eigenvalue weighted by atomic mass is 9.98. The first-order valence-electron chi connectivity index (χ1n) is 7.75. The third-order valence-corrected chi connectivity index (χ3v) is 7.04. The van der Waals surface area contributed by atoms with Gasteiger partial charge in [-0.1, -0.05) is 13.0 Å². The third-order valence-electron chi connectivity index (χ3n) is 3.94. The van der Waals surface area contributed by atoms with Crippen LogP contribution in [0.15, 0.2) is 17.5 Å². The zero-order valence-electron chi connectivity index (χ0n) is 13.1. The van der Waals surface area contributed by atoms with Gasteiger partial charge in [-0.3, -0.25) is 4.79 Å². The van der Waals surface area contributed by atoms with Crippen molar-refractivity contribution in [2.75, 3.05) is 18.8 Å². The molecule has 2 heterocycles. The van der Waals surface area contributed by atoms with E-state index in [2.05, 4.69) is 5.32 Å². The van der Waals surface area contributed by atoms with Crippen molar-refractivity contribution < 1.29 is 13.2 Å². The number of amides is 1. The van der Waals surface area contributed by atoms with Crippen LogP contribution >= 0.6 is 11.3 Å². The molecule has 2 rings (SSSR count). The fourth-order valence-corrected chi connectivity index (χ4v) is 5.06. The molecular formula is C15H24N2O3S2. The highest BCUT2D eigenvalue weighted by atomic mass is 32.2. The van der Waals surface area contributed by atoms with Gasteiger partial charge in [-0.25, -0.2) is 12.7 Å². The molecule has 1 fully saturated rings. The predicted molar refractivity (Wildman–Crippen MR) is 89.3 cm³/mol. The summed E-state index contributed by atoms with van der Waals surface area (Å²) in [7, 11) is -3.22. The number of nitrogens with one attached hydrogen (secondary N) is 1. The summed E-state index contributed by atoms with van der Waals surface area (Å²) in [5.74, 6) is -0.132. The molecule has 1 aliphatic heterocycles. The number of rotatable bonds is 6. The van der Waals surface area contributed by atoms with Crippen LogP contribution in [0, 0.1) is 5.92 Å². The van der Waals surface area contributed by atoms with Crippen molar-refractivity contribution in [2.45, 2.75) is 39.2 Å². The zero-order chi connectivity index (χ0) is 16.2. The Balaban J connectivity index is 1.95. The molecule has 1 aromatic rings. The lowest BCUT2D eigenvalue weighted by molar-refractivity contribution is -0.126. The van der Waals surface area contributed by atoms with Gasteiger partial charge in [0, 0.05) is 18.0 Å². The molecule has 0 aromatic carbocycles. The Labute approximate surface area is 136 Å². The van der Waals surface area contributed by atoms with Gasteiger partial charge in [0.1, 0.15) is 0 Å². The van der Waals surface area contributed by atoms with Crippen molar-refractivity contribution in [2.24, 2.45) is 5.92 Å². The number of hydrogen-bond acceptors (Lipinski definition) is 4. The Kier molecular flexibility index (Phi) is 6.00. The Morgan fingerprint density at radius 2 is 2.32 bits per heavy atom. The van der Waals surface area contributed by atoms with E-state index in [-0.39, 0.29) is 23.6 Å². The van der Waals surface area contributed by atoms with Crippen molar-refractivity contribution in [1.29, 1.82) is 0 Å². The number of carbonyl (C=O) groups excluding carboxylic acids is 1. The van der Waals surface area contributed by atoms with E-state index in [9.17, 15) is 13.2 Å². The highest BCUT2D eigenvalue weighted by Gasteiger charge is 2.32. The lowest BCUT2D eigenvalue weighted by Gasteiger charge is -2.31.